The van der Waals surface area contributed by atoms with Crippen molar-refractivity contribution in [2.45, 2.75) is 84.7 Å². The van der Waals surface area contributed by atoms with Crippen molar-refractivity contribution < 1.29 is 38.6 Å². The summed E-state index contributed by atoms with van der Waals surface area (Å²) in [6.07, 6.45) is 1.81. The van der Waals surface area contributed by atoms with Crippen LogP contribution >= 0.6 is 0 Å². The zero-order valence-electron chi connectivity index (χ0n) is 24.6. The lowest BCUT2D eigenvalue weighted by molar-refractivity contribution is -0.149. The highest BCUT2D eigenvalue weighted by Gasteiger charge is 2.32. The molecule has 226 valence electrons. The number of nitrogens with one attached hydrogen (secondary N) is 4. The van der Waals surface area contributed by atoms with Gasteiger partial charge in [-0.3, -0.25) is 14.4 Å². The van der Waals surface area contributed by atoms with Crippen LogP contribution in [0.2, 0.25) is 0 Å². The van der Waals surface area contributed by atoms with E-state index in [1.807, 2.05) is 0 Å². The molecule has 1 unspecified atom stereocenters. The highest BCUT2D eigenvalue weighted by Crippen LogP contribution is 2.14. The molecule has 0 spiro atoms. The molecule has 0 saturated heterocycles. The number of hydrogen-bond acceptors (Lipinski definition) is 8. The van der Waals surface area contributed by atoms with E-state index in [1.54, 1.807) is 60.6 Å². The molecule has 1 heterocycles. The summed E-state index contributed by atoms with van der Waals surface area (Å²) in [7, 11) is 0. The monoisotopic (exact) mass is 574 g/mol. The molecule has 2 rings (SSSR count). The molecule has 0 fully saturated rings. The average molecular weight is 575 g/mol. The number of phenols is 1. The topological polar surface area (TPSA) is 172 Å². The number of hydrogen-bond donors (Lipinski definition) is 5. The summed E-state index contributed by atoms with van der Waals surface area (Å²) in [5, 5.41) is 20.2. The molecule has 0 bridgehead atoms. The molecule has 5 N–H and O–H groups in total. The van der Waals surface area contributed by atoms with Gasteiger partial charge in [0.25, 0.3) is 0 Å². The number of ether oxygens (including phenoxy) is 2. The quantitative estimate of drug-likeness (QED) is 0.306. The van der Waals surface area contributed by atoms with E-state index >= 15 is 0 Å². The Balaban J connectivity index is 2.29. The first-order chi connectivity index (χ1) is 19.1. The molecule has 0 aliphatic carbocycles. The van der Waals surface area contributed by atoms with E-state index in [0.717, 1.165) is 6.08 Å². The van der Waals surface area contributed by atoms with Gasteiger partial charge >= 0.3 is 12.1 Å². The number of rotatable bonds is 7. The summed E-state index contributed by atoms with van der Waals surface area (Å²) in [5.41, 5.74) is -0.111. The number of aromatic hydroxyl groups is 1. The van der Waals surface area contributed by atoms with Crippen LogP contribution in [-0.4, -0.2) is 71.3 Å². The minimum absolute atomic E-state index is 0.0490. The lowest BCUT2D eigenvalue weighted by Crippen LogP contribution is -2.55. The number of alkyl carbamates (subject to hydrolysis) is 1. The first-order valence-corrected chi connectivity index (χ1v) is 13.6. The zero-order valence-corrected chi connectivity index (χ0v) is 24.6. The second-order valence-corrected chi connectivity index (χ2v) is 11.6. The van der Waals surface area contributed by atoms with Gasteiger partial charge in [-0.25, -0.2) is 9.59 Å². The van der Waals surface area contributed by atoms with Gasteiger partial charge in [0.2, 0.25) is 17.7 Å². The standard InChI is InChI=1S/C29H42N4O8/c1-16(2)23-26(37)31-21(14-18-8-11-20(34)12-9-18)27(38)40-15-19(10-13-22(35)32-23)30-25(36)24(17(3)4)33-28(39)41-29(5,6)7/h8-13,16-17,19,21,23-24,34H,14-15H2,1-7H3,(H,30,36)(H,31,37)(H,32,35)(H,33,39)/b13-10+/t19-,21?,23+,24+/m1/s1. The molecule has 1 aromatic carbocycles. The summed E-state index contributed by atoms with van der Waals surface area (Å²) in [5.74, 6) is -3.03. The SMILES string of the molecule is CC(C)[C@@H]1NC(=O)/C=C/[C@@H](NC(=O)[C@@H](NC(=O)OC(C)(C)C)C(C)C)COC(=O)C(Cc2ccc(O)cc2)NC1=O. The van der Waals surface area contributed by atoms with Crippen molar-refractivity contribution in [1.29, 1.82) is 0 Å². The predicted octanol–water partition coefficient (Wildman–Crippen LogP) is 1.71. The molecule has 1 aliphatic rings. The summed E-state index contributed by atoms with van der Waals surface area (Å²) >= 11 is 0. The maximum absolute atomic E-state index is 13.2. The fourth-order valence-electron chi connectivity index (χ4n) is 3.92. The average Bonchev–Trinajstić information content (AvgIpc) is 2.85. The van der Waals surface area contributed by atoms with E-state index in [2.05, 4.69) is 21.3 Å². The zero-order chi connectivity index (χ0) is 30.9. The van der Waals surface area contributed by atoms with E-state index < -0.39 is 59.6 Å². The summed E-state index contributed by atoms with van der Waals surface area (Å²) < 4.78 is 10.8. The summed E-state index contributed by atoms with van der Waals surface area (Å²) in [6.45, 7) is 11.7. The second-order valence-electron chi connectivity index (χ2n) is 11.6. The minimum Gasteiger partial charge on any atom is -0.508 e. The molecule has 0 saturated carbocycles. The van der Waals surface area contributed by atoms with Crippen LogP contribution < -0.4 is 21.3 Å². The van der Waals surface area contributed by atoms with Crippen molar-refractivity contribution in [3.63, 3.8) is 0 Å². The first kappa shape index (κ1) is 33.1. The highest BCUT2D eigenvalue weighted by molar-refractivity contribution is 5.95. The van der Waals surface area contributed by atoms with Crippen molar-refractivity contribution >= 4 is 29.8 Å². The molecule has 12 nitrogen and oxygen atoms in total. The molecule has 12 heteroatoms. The largest absolute Gasteiger partial charge is 0.508 e. The van der Waals surface area contributed by atoms with Gasteiger partial charge in [-0.1, -0.05) is 45.9 Å². The molecule has 1 aliphatic heterocycles. The predicted molar refractivity (Wildman–Crippen MR) is 151 cm³/mol. The molecule has 0 aromatic heterocycles. The third-order valence-corrected chi connectivity index (χ3v) is 6.06. The number of carbonyl (C=O) groups excluding carboxylic acids is 5. The summed E-state index contributed by atoms with van der Waals surface area (Å²) in [6, 6.07) is 2.19. The Morgan fingerprint density at radius 3 is 2.27 bits per heavy atom. The van der Waals surface area contributed by atoms with Gasteiger partial charge in [0.15, 0.2) is 0 Å². The fourth-order valence-corrected chi connectivity index (χ4v) is 3.92. The van der Waals surface area contributed by atoms with Gasteiger partial charge in [-0.2, -0.15) is 0 Å². The van der Waals surface area contributed by atoms with Crippen molar-refractivity contribution in [3.8, 4) is 5.75 Å². The lowest BCUT2D eigenvalue weighted by atomic mass is 10.0. The van der Waals surface area contributed by atoms with Crippen LogP contribution in [0.4, 0.5) is 4.79 Å². The third kappa shape index (κ3) is 11.1. The normalized spacial score (nSPS) is 21.9. The molecule has 4 atom stereocenters. The highest BCUT2D eigenvalue weighted by atomic mass is 16.6. The van der Waals surface area contributed by atoms with Crippen LogP contribution in [0.5, 0.6) is 5.75 Å². The van der Waals surface area contributed by atoms with Crippen LogP contribution in [0.25, 0.3) is 0 Å². The Kier molecular flexibility index (Phi) is 11.7. The Bertz CT molecular complexity index is 1120. The van der Waals surface area contributed by atoms with Crippen molar-refractivity contribution in [2.24, 2.45) is 11.8 Å². The van der Waals surface area contributed by atoms with Crippen LogP contribution in [0.15, 0.2) is 36.4 Å². The maximum atomic E-state index is 13.2. The van der Waals surface area contributed by atoms with Gasteiger partial charge in [0.05, 0.1) is 6.04 Å². The summed E-state index contributed by atoms with van der Waals surface area (Å²) in [4.78, 5) is 64.4. The Morgan fingerprint density at radius 1 is 1.07 bits per heavy atom. The smallest absolute Gasteiger partial charge is 0.408 e. The Hall–Kier alpha value is -4.09. The fraction of sp³-hybridized carbons (Fsp3) is 0.552. The molecular weight excluding hydrogens is 532 g/mol. The lowest BCUT2D eigenvalue weighted by Gasteiger charge is -2.28. The molecular formula is C29H42N4O8. The van der Waals surface area contributed by atoms with Crippen LogP contribution in [0, 0.1) is 11.8 Å². The van der Waals surface area contributed by atoms with Gasteiger partial charge in [-0.05, 0) is 50.3 Å². The molecule has 41 heavy (non-hydrogen) atoms. The van der Waals surface area contributed by atoms with Crippen LogP contribution in [0.3, 0.4) is 0 Å². The van der Waals surface area contributed by atoms with Gasteiger partial charge in [-0.15, -0.1) is 0 Å². The molecule has 4 amide bonds. The number of benzene rings is 1. The van der Waals surface area contributed by atoms with Crippen LogP contribution in [-0.2, 0) is 35.1 Å². The minimum atomic E-state index is -1.11. The number of esters is 1. The Labute approximate surface area is 240 Å². The number of cyclic esters (lactones) is 1. The van der Waals surface area contributed by atoms with Crippen molar-refractivity contribution in [3.05, 3.63) is 42.0 Å². The Morgan fingerprint density at radius 2 is 1.71 bits per heavy atom. The number of amides is 4. The molecule has 1 aromatic rings. The number of phenolic OH excluding ortho intramolecular Hbond substituents is 1. The third-order valence-electron chi connectivity index (χ3n) is 6.06. The second kappa shape index (κ2) is 14.5. The van der Waals surface area contributed by atoms with E-state index in [1.165, 1.54) is 18.2 Å². The molecule has 0 radical (unpaired) electrons. The maximum Gasteiger partial charge on any atom is 0.408 e. The van der Waals surface area contributed by atoms with Gasteiger partial charge in [0, 0.05) is 12.5 Å². The van der Waals surface area contributed by atoms with E-state index in [4.69, 9.17) is 9.47 Å². The van der Waals surface area contributed by atoms with Crippen LogP contribution in [0.1, 0.15) is 54.0 Å². The van der Waals surface area contributed by atoms with Crippen molar-refractivity contribution in [1.82, 2.24) is 21.3 Å². The van der Waals surface area contributed by atoms with E-state index in [-0.39, 0.29) is 30.6 Å². The van der Waals surface area contributed by atoms with Gasteiger partial charge < -0.3 is 35.8 Å². The van der Waals surface area contributed by atoms with Crippen molar-refractivity contribution in [2.75, 3.05) is 6.61 Å². The van der Waals surface area contributed by atoms with Gasteiger partial charge in [0.1, 0.15) is 36.1 Å². The number of carbonyl (C=O) groups is 5. The van der Waals surface area contributed by atoms with E-state index in [9.17, 15) is 29.1 Å². The first-order valence-electron chi connectivity index (χ1n) is 13.6. The van der Waals surface area contributed by atoms with E-state index in [0.29, 0.717) is 5.56 Å².